The Morgan fingerprint density at radius 1 is 1.12 bits per heavy atom. The predicted octanol–water partition coefficient (Wildman–Crippen LogP) is 3.10. The first-order valence-electron chi connectivity index (χ1n) is 8.44. The fourth-order valence-corrected chi connectivity index (χ4v) is 4.19. The molecule has 4 nitrogen and oxygen atoms in total. The Hall–Kier alpha value is -1.82. The van der Waals surface area contributed by atoms with E-state index >= 15 is 0 Å². The Morgan fingerprint density at radius 2 is 1.80 bits per heavy atom. The lowest BCUT2D eigenvalue weighted by Crippen LogP contribution is -2.43. The van der Waals surface area contributed by atoms with Gasteiger partial charge in [-0.2, -0.15) is 0 Å². The quantitative estimate of drug-likeness (QED) is 0.914. The summed E-state index contributed by atoms with van der Waals surface area (Å²) in [5.74, 6) is -0.232. The summed E-state index contributed by atoms with van der Waals surface area (Å²) in [6.07, 6.45) is -1.07. The normalized spacial score (nSPS) is 20.5. The number of rotatable bonds is 4. The molecule has 0 aromatic heterocycles. The number of carbonyl (C=O) groups is 1. The van der Waals surface area contributed by atoms with Crippen molar-refractivity contribution in [1.82, 2.24) is 4.90 Å². The minimum Gasteiger partial charge on any atom is -0.382 e. The van der Waals surface area contributed by atoms with Crippen LogP contribution < -0.4 is 4.90 Å². The number of aliphatic hydroxyl groups is 1. The average molecular weight is 356 g/mol. The number of aryl methyl sites for hydroxylation is 1. The highest BCUT2D eigenvalue weighted by Gasteiger charge is 2.37. The second-order valence-electron chi connectivity index (χ2n) is 6.65. The van der Waals surface area contributed by atoms with Gasteiger partial charge in [0.15, 0.2) is 0 Å². The zero-order valence-electron chi connectivity index (χ0n) is 14.8. The van der Waals surface area contributed by atoms with Crippen LogP contribution in [0.1, 0.15) is 16.4 Å². The average Bonchev–Trinajstić information content (AvgIpc) is 2.70. The summed E-state index contributed by atoms with van der Waals surface area (Å²) in [6.45, 7) is 3.33. The van der Waals surface area contributed by atoms with E-state index in [2.05, 4.69) is 0 Å². The summed E-state index contributed by atoms with van der Waals surface area (Å²) in [4.78, 5) is 17.8. The van der Waals surface area contributed by atoms with Gasteiger partial charge in [0, 0.05) is 18.0 Å². The maximum absolute atomic E-state index is 13.0. The van der Waals surface area contributed by atoms with Crippen LogP contribution in [0.15, 0.2) is 53.4 Å². The van der Waals surface area contributed by atoms with Gasteiger partial charge in [-0.15, -0.1) is 11.8 Å². The van der Waals surface area contributed by atoms with Crippen molar-refractivity contribution in [3.63, 3.8) is 0 Å². The number of likely N-dealkylation sites (N-methyl/N-ethyl adjacent to an activating group) is 1. The van der Waals surface area contributed by atoms with E-state index < -0.39 is 6.10 Å². The Kier molecular flexibility index (Phi) is 5.47. The van der Waals surface area contributed by atoms with Crippen molar-refractivity contribution in [2.45, 2.75) is 23.2 Å². The van der Waals surface area contributed by atoms with Gasteiger partial charge >= 0.3 is 0 Å². The van der Waals surface area contributed by atoms with Crippen molar-refractivity contribution < 1.29 is 9.90 Å². The number of para-hydroxylation sites is 1. The molecule has 2 aromatic rings. The summed E-state index contributed by atoms with van der Waals surface area (Å²) in [5, 5.41) is 10.5. The van der Waals surface area contributed by atoms with Crippen molar-refractivity contribution in [2.75, 3.05) is 32.1 Å². The predicted molar refractivity (Wildman–Crippen MR) is 103 cm³/mol. The Morgan fingerprint density at radius 3 is 2.48 bits per heavy atom. The monoisotopic (exact) mass is 356 g/mol. The maximum atomic E-state index is 13.0. The molecule has 0 unspecified atom stereocenters. The summed E-state index contributed by atoms with van der Waals surface area (Å²) in [7, 11) is 3.96. The van der Waals surface area contributed by atoms with Gasteiger partial charge in [0.2, 0.25) is 0 Å². The summed E-state index contributed by atoms with van der Waals surface area (Å²) < 4.78 is 0. The fraction of sp³-hybridized carbons (Fsp3) is 0.350. The summed E-state index contributed by atoms with van der Waals surface area (Å²) in [5.41, 5.74) is 3.02. The van der Waals surface area contributed by atoms with E-state index in [-0.39, 0.29) is 11.2 Å². The molecule has 25 heavy (non-hydrogen) atoms. The maximum Gasteiger partial charge on any atom is 0.257 e. The number of amides is 1. The van der Waals surface area contributed by atoms with E-state index in [1.165, 1.54) is 0 Å². The van der Waals surface area contributed by atoms with Gasteiger partial charge < -0.3 is 14.9 Å². The SMILES string of the molecule is Cc1ccc([C@H]2Sc3ccccc3N(CCN(C)C)C(=O)[C@H]2O)cc1. The number of hydrogen-bond donors (Lipinski definition) is 1. The van der Waals surface area contributed by atoms with Gasteiger partial charge in [-0.1, -0.05) is 42.0 Å². The van der Waals surface area contributed by atoms with Gasteiger partial charge in [0.25, 0.3) is 5.91 Å². The molecule has 0 saturated heterocycles. The second kappa shape index (κ2) is 7.60. The van der Waals surface area contributed by atoms with Gasteiger partial charge in [-0.05, 0) is 38.7 Å². The molecule has 3 rings (SSSR count). The second-order valence-corrected chi connectivity index (χ2v) is 7.84. The zero-order chi connectivity index (χ0) is 18.0. The van der Waals surface area contributed by atoms with E-state index in [1.807, 2.05) is 74.4 Å². The van der Waals surface area contributed by atoms with E-state index in [9.17, 15) is 9.90 Å². The first-order valence-corrected chi connectivity index (χ1v) is 9.32. The molecule has 1 aliphatic heterocycles. The topological polar surface area (TPSA) is 43.8 Å². The minimum atomic E-state index is -1.07. The molecule has 1 aliphatic rings. The number of hydrogen-bond acceptors (Lipinski definition) is 4. The molecule has 0 spiro atoms. The Balaban J connectivity index is 1.99. The molecule has 2 atom stereocenters. The number of carbonyl (C=O) groups excluding carboxylic acids is 1. The van der Waals surface area contributed by atoms with E-state index in [4.69, 9.17) is 0 Å². The molecule has 0 saturated carbocycles. The van der Waals surface area contributed by atoms with Crippen LogP contribution in [0.3, 0.4) is 0 Å². The van der Waals surface area contributed by atoms with Crippen molar-refractivity contribution in [3.8, 4) is 0 Å². The lowest BCUT2D eigenvalue weighted by molar-refractivity contribution is -0.126. The number of nitrogens with zero attached hydrogens (tertiary/aromatic N) is 2. The van der Waals surface area contributed by atoms with Crippen molar-refractivity contribution >= 4 is 23.4 Å². The molecule has 1 heterocycles. The molecule has 0 radical (unpaired) electrons. The van der Waals surface area contributed by atoms with Crippen molar-refractivity contribution in [2.24, 2.45) is 0 Å². The molecule has 5 heteroatoms. The first kappa shape index (κ1) is 18.0. The fourth-order valence-electron chi connectivity index (χ4n) is 2.93. The molecule has 0 fully saturated rings. The van der Waals surface area contributed by atoms with Gasteiger partial charge in [0.1, 0.15) is 6.10 Å². The van der Waals surface area contributed by atoms with E-state index in [0.29, 0.717) is 6.54 Å². The highest BCUT2D eigenvalue weighted by atomic mass is 32.2. The lowest BCUT2D eigenvalue weighted by atomic mass is 10.0. The first-order chi connectivity index (χ1) is 12.0. The third-order valence-electron chi connectivity index (χ3n) is 4.39. The highest BCUT2D eigenvalue weighted by Crippen LogP contribution is 2.45. The van der Waals surface area contributed by atoms with E-state index in [1.54, 1.807) is 16.7 Å². The third-order valence-corrected chi connectivity index (χ3v) is 5.78. The van der Waals surface area contributed by atoms with Crippen molar-refractivity contribution in [3.05, 3.63) is 59.7 Å². The number of thioether (sulfide) groups is 1. The molecule has 2 aromatic carbocycles. The Bertz CT molecular complexity index is 746. The number of anilines is 1. The number of aliphatic hydroxyl groups excluding tert-OH is 1. The largest absolute Gasteiger partial charge is 0.382 e. The van der Waals surface area contributed by atoms with Crippen LogP contribution >= 0.6 is 11.8 Å². The van der Waals surface area contributed by atoms with Gasteiger partial charge in [0.05, 0.1) is 10.9 Å². The molecule has 132 valence electrons. The molecule has 0 aliphatic carbocycles. The summed E-state index contributed by atoms with van der Waals surface area (Å²) in [6, 6.07) is 15.9. The lowest BCUT2D eigenvalue weighted by Gasteiger charge is -2.26. The standard InChI is InChI=1S/C20H24N2O2S/c1-14-8-10-15(11-9-14)19-18(23)20(24)22(13-12-21(2)3)16-6-4-5-7-17(16)25-19/h4-11,18-19,23H,12-13H2,1-3H3/t18-,19+/m0/s1. The Labute approximate surface area is 153 Å². The molecule has 1 N–H and O–H groups in total. The number of benzene rings is 2. The van der Waals surface area contributed by atoms with Crippen LogP contribution in [0.5, 0.6) is 0 Å². The van der Waals surface area contributed by atoms with Gasteiger partial charge in [-0.25, -0.2) is 0 Å². The minimum absolute atomic E-state index is 0.232. The highest BCUT2D eigenvalue weighted by molar-refractivity contribution is 7.99. The van der Waals surface area contributed by atoms with Crippen LogP contribution in [-0.2, 0) is 4.79 Å². The molecular formula is C20H24N2O2S. The van der Waals surface area contributed by atoms with E-state index in [0.717, 1.165) is 28.3 Å². The van der Waals surface area contributed by atoms with Crippen molar-refractivity contribution in [1.29, 1.82) is 0 Å². The van der Waals surface area contributed by atoms with Crippen LogP contribution in [-0.4, -0.2) is 49.2 Å². The van der Waals surface area contributed by atoms with Crippen LogP contribution in [0, 0.1) is 6.92 Å². The molecule has 0 bridgehead atoms. The molecular weight excluding hydrogens is 332 g/mol. The van der Waals surface area contributed by atoms with Crippen LogP contribution in [0.4, 0.5) is 5.69 Å². The number of fused-ring (bicyclic) bond motifs is 1. The van der Waals surface area contributed by atoms with Crippen LogP contribution in [0.2, 0.25) is 0 Å². The van der Waals surface area contributed by atoms with Crippen LogP contribution in [0.25, 0.3) is 0 Å². The molecule has 1 amide bonds. The van der Waals surface area contributed by atoms with Gasteiger partial charge in [-0.3, -0.25) is 4.79 Å². The zero-order valence-corrected chi connectivity index (χ0v) is 15.7. The smallest absolute Gasteiger partial charge is 0.257 e. The summed E-state index contributed by atoms with van der Waals surface area (Å²) >= 11 is 1.56. The third kappa shape index (κ3) is 3.89.